The Labute approximate surface area is 104 Å². The summed E-state index contributed by atoms with van der Waals surface area (Å²) in [5.41, 5.74) is 1.32. The number of aryl methyl sites for hydroxylation is 1. The summed E-state index contributed by atoms with van der Waals surface area (Å²) in [6.45, 7) is 0.899. The molecule has 0 bridgehead atoms. The van der Waals surface area contributed by atoms with Crippen LogP contribution < -0.4 is 4.74 Å². The standard InChI is InChI=1S/C13H15BrO2/c14-10-5-3-9-4-6-12(16-13(9)8-10)11-2-1-7-15-11/h3,5,8,11-12H,1-2,4,6-7H2/t11-,12+/m1/s1. The monoisotopic (exact) mass is 282 g/mol. The third-order valence-electron chi connectivity index (χ3n) is 3.39. The highest BCUT2D eigenvalue weighted by Crippen LogP contribution is 2.33. The molecule has 2 nitrogen and oxygen atoms in total. The first-order valence-corrected chi connectivity index (χ1v) is 6.69. The van der Waals surface area contributed by atoms with Gasteiger partial charge in [0.15, 0.2) is 0 Å². The van der Waals surface area contributed by atoms with Crippen molar-refractivity contribution in [2.45, 2.75) is 37.9 Å². The van der Waals surface area contributed by atoms with Crippen LogP contribution in [0.25, 0.3) is 0 Å². The lowest BCUT2D eigenvalue weighted by molar-refractivity contribution is 0.00278. The van der Waals surface area contributed by atoms with Crippen molar-refractivity contribution in [3.05, 3.63) is 28.2 Å². The van der Waals surface area contributed by atoms with Gasteiger partial charge in [-0.3, -0.25) is 0 Å². The Morgan fingerprint density at radius 1 is 1.19 bits per heavy atom. The Morgan fingerprint density at radius 3 is 2.94 bits per heavy atom. The van der Waals surface area contributed by atoms with Crippen molar-refractivity contribution in [2.24, 2.45) is 0 Å². The first-order chi connectivity index (χ1) is 7.83. The number of fused-ring (bicyclic) bond motifs is 1. The highest BCUT2D eigenvalue weighted by molar-refractivity contribution is 9.10. The fraction of sp³-hybridized carbons (Fsp3) is 0.538. The topological polar surface area (TPSA) is 18.5 Å². The van der Waals surface area contributed by atoms with Gasteiger partial charge >= 0.3 is 0 Å². The van der Waals surface area contributed by atoms with Crippen LogP contribution in [0.2, 0.25) is 0 Å². The number of hydrogen-bond acceptors (Lipinski definition) is 2. The molecule has 3 heteroatoms. The third-order valence-corrected chi connectivity index (χ3v) is 3.88. The van der Waals surface area contributed by atoms with Gasteiger partial charge in [-0.25, -0.2) is 0 Å². The van der Waals surface area contributed by atoms with E-state index in [4.69, 9.17) is 9.47 Å². The van der Waals surface area contributed by atoms with Gasteiger partial charge in [0, 0.05) is 11.1 Å². The molecule has 2 heterocycles. The maximum absolute atomic E-state index is 6.04. The van der Waals surface area contributed by atoms with E-state index in [1.54, 1.807) is 0 Å². The molecule has 2 atom stereocenters. The van der Waals surface area contributed by atoms with E-state index in [-0.39, 0.29) is 6.10 Å². The Kier molecular flexibility index (Phi) is 2.90. The molecule has 0 amide bonds. The second-order valence-corrected chi connectivity index (χ2v) is 5.41. The summed E-state index contributed by atoms with van der Waals surface area (Å²) in [6, 6.07) is 6.29. The molecule has 0 spiro atoms. The quantitative estimate of drug-likeness (QED) is 0.787. The van der Waals surface area contributed by atoms with Crippen LogP contribution in [-0.2, 0) is 11.2 Å². The van der Waals surface area contributed by atoms with Crippen molar-refractivity contribution in [1.82, 2.24) is 0 Å². The maximum Gasteiger partial charge on any atom is 0.125 e. The summed E-state index contributed by atoms with van der Waals surface area (Å²) in [4.78, 5) is 0. The lowest BCUT2D eigenvalue weighted by Gasteiger charge is -2.29. The molecular weight excluding hydrogens is 268 g/mol. The second-order valence-electron chi connectivity index (χ2n) is 4.50. The molecule has 2 aliphatic rings. The smallest absolute Gasteiger partial charge is 0.125 e. The molecule has 1 aromatic rings. The lowest BCUT2D eigenvalue weighted by Crippen LogP contribution is -2.34. The minimum Gasteiger partial charge on any atom is -0.487 e. The zero-order valence-electron chi connectivity index (χ0n) is 9.12. The molecule has 0 aliphatic carbocycles. The van der Waals surface area contributed by atoms with Gasteiger partial charge in [-0.15, -0.1) is 0 Å². The molecule has 1 fully saturated rings. The summed E-state index contributed by atoms with van der Waals surface area (Å²) >= 11 is 3.48. The van der Waals surface area contributed by atoms with Crippen LogP contribution in [0, 0.1) is 0 Å². The molecule has 0 N–H and O–H groups in total. The fourth-order valence-electron chi connectivity index (χ4n) is 2.52. The van der Waals surface area contributed by atoms with Crippen LogP contribution in [0.1, 0.15) is 24.8 Å². The summed E-state index contributed by atoms with van der Waals surface area (Å²) in [5.74, 6) is 1.03. The van der Waals surface area contributed by atoms with Crippen LogP contribution >= 0.6 is 15.9 Å². The molecule has 0 saturated carbocycles. The molecule has 3 rings (SSSR count). The Hall–Kier alpha value is -0.540. The van der Waals surface area contributed by atoms with Crippen molar-refractivity contribution in [2.75, 3.05) is 6.61 Å². The first kappa shape index (κ1) is 10.6. The average Bonchev–Trinajstić information content (AvgIpc) is 2.81. The van der Waals surface area contributed by atoms with Crippen LogP contribution in [0.4, 0.5) is 0 Å². The van der Waals surface area contributed by atoms with Crippen LogP contribution in [-0.4, -0.2) is 18.8 Å². The van der Waals surface area contributed by atoms with Gasteiger partial charge in [0.25, 0.3) is 0 Å². The summed E-state index contributed by atoms with van der Waals surface area (Å²) in [7, 11) is 0. The van der Waals surface area contributed by atoms with E-state index >= 15 is 0 Å². The Balaban J connectivity index is 1.79. The van der Waals surface area contributed by atoms with E-state index in [1.807, 2.05) is 0 Å². The third kappa shape index (κ3) is 1.98. The predicted molar refractivity (Wildman–Crippen MR) is 65.9 cm³/mol. The molecule has 1 aromatic carbocycles. The minimum atomic E-state index is 0.254. The summed E-state index contributed by atoms with van der Waals surface area (Å²) in [5, 5.41) is 0. The highest BCUT2D eigenvalue weighted by atomic mass is 79.9. The van der Waals surface area contributed by atoms with E-state index in [0.717, 1.165) is 36.1 Å². The van der Waals surface area contributed by atoms with Crippen molar-refractivity contribution >= 4 is 15.9 Å². The molecule has 0 unspecified atom stereocenters. The normalized spacial score (nSPS) is 28.6. The van der Waals surface area contributed by atoms with E-state index in [2.05, 4.69) is 34.1 Å². The van der Waals surface area contributed by atoms with Gasteiger partial charge in [0.05, 0.1) is 6.10 Å². The number of ether oxygens (including phenoxy) is 2. The van der Waals surface area contributed by atoms with Crippen molar-refractivity contribution in [3.63, 3.8) is 0 Å². The number of halogens is 1. The van der Waals surface area contributed by atoms with E-state index < -0.39 is 0 Å². The van der Waals surface area contributed by atoms with Crippen LogP contribution in [0.3, 0.4) is 0 Å². The summed E-state index contributed by atoms with van der Waals surface area (Å²) in [6.07, 6.45) is 5.08. The molecule has 0 radical (unpaired) electrons. The SMILES string of the molecule is Brc1ccc2c(c1)O[C@H]([C@H]1CCCO1)CC2. The number of hydrogen-bond donors (Lipinski definition) is 0. The average molecular weight is 283 g/mol. The van der Waals surface area contributed by atoms with Gasteiger partial charge in [-0.1, -0.05) is 22.0 Å². The highest BCUT2D eigenvalue weighted by Gasteiger charge is 2.30. The van der Waals surface area contributed by atoms with Gasteiger partial charge < -0.3 is 9.47 Å². The molecular formula is C13H15BrO2. The Bertz CT molecular complexity index is 386. The van der Waals surface area contributed by atoms with Crippen molar-refractivity contribution in [1.29, 1.82) is 0 Å². The van der Waals surface area contributed by atoms with Gasteiger partial charge in [0.2, 0.25) is 0 Å². The van der Waals surface area contributed by atoms with Crippen LogP contribution in [0.5, 0.6) is 5.75 Å². The van der Waals surface area contributed by atoms with Gasteiger partial charge in [-0.2, -0.15) is 0 Å². The van der Waals surface area contributed by atoms with Crippen molar-refractivity contribution < 1.29 is 9.47 Å². The first-order valence-electron chi connectivity index (χ1n) is 5.89. The zero-order valence-corrected chi connectivity index (χ0v) is 10.7. The number of benzene rings is 1. The van der Waals surface area contributed by atoms with E-state index in [0.29, 0.717) is 6.10 Å². The molecule has 16 heavy (non-hydrogen) atoms. The van der Waals surface area contributed by atoms with Gasteiger partial charge in [-0.05, 0) is 43.4 Å². The zero-order chi connectivity index (χ0) is 11.0. The van der Waals surface area contributed by atoms with E-state index in [9.17, 15) is 0 Å². The minimum absolute atomic E-state index is 0.254. The molecule has 0 aromatic heterocycles. The Morgan fingerprint density at radius 2 is 2.12 bits per heavy atom. The van der Waals surface area contributed by atoms with E-state index in [1.165, 1.54) is 12.0 Å². The summed E-state index contributed by atoms with van der Waals surface area (Å²) < 4.78 is 12.8. The molecule has 86 valence electrons. The molecule has 2 aliphatic heterocycles. The predicted octanol–water partition coefficient (Wildman–Crippen LogP) is 3.32. The number of rotatable bonds is 1. The lowest BCUT2D eigenvalue weighted by atomic mass is 9.98. The molecule has 1 saturated heterocycles. The van der Waals surface area contributed by atoms with Gasteiger partial charge in [0.1, 0.15) is 11.9 Å². The fourth-order valence-corrected chi connectivity index (χ4v) is 2.86. The second kappa shape index (κ2) is 4.38. The van der Waals surface area contributed by atoms with Crippen LogP contribution in [0.15, 0.2) is 22.7 Å². The largest absolute Gasteiger partial charge is 0.487 e. The van der Waals surface area contributed by atoms with Crippen molar-refractivity contribution in [3.8, 4) is 5.75 Å². The maximum atomic E-state index is 6.04.